The molecule has 1 rings (SSSR count). The maximum atomic E-state index is 10.4. The summed E-state index contributed by atoms with van der Waals surface area (Å²) in [6, 6.07) is 1.47. The second kappa shape index (κ2) is 2.53. The number of carbonyl (C=O) groups is 1. The molecule has 0 aliphatic carbocycles. The fraction of sp³-hybridized carbons (Fsp3) is 0.167. The lowest BCUT2D eigenvalue weighted by atomic mass is 10.2. The molecule has 0 aromatic carbocycles. The molecular weight excluding hydrogens is 146 g/mol. The molecule has 0 aliphatic rings. The molecule has 0 unspecified atom stereocenters. The molecule has 5 heteroatoms. The van der Waals surface area contributed by atoms with Gasteiger partial charge in [0, 0.05) is 0 Å². The molecule has 0 fully saturated rings. The Morgan fingerprint density at radius 3 is 2.73 bits per heavy atom. The third-order valence-electron chi connectivity index (χ3n) is 1.21. The van der Waals surface area contributed by atoms with Gasteiger partial charge in [-0.1, -0.05) is 0 Å². The second-order valence-corrected chi connectivity index (χ2v) is 2.11. The van der Waals surface area contributed by atoms with Gasteiger partial charge in [-0.2, -0.15) is 0 Å². The first-order valence-corrected chi connectivity index (χ1v) is 2.94. The maximum absolute atomic E-state index is 10.4. The molecule has 1 aromatic rings. The number of anilines is 1. The van der Waals surface area contributed by atoms with Gasteiger partial charge in [0.05, 0.1) is 0 Å². The van der Waals surface area contributed by atoms with Crippen molar-refractivity contribution in [2.24, 2.45) is 0 Å². The molecule has 5 nitrogen and oxygen atoms in total. The van der Waals surface area contributed by atoms with Crippen LogP contribution in [-0.4, -0.2) is 21.3 Å². The van der Waals surface area contributed by atoms with Crippen LogP contribution in [0.5, 0.6) is 0 Å². The van der Waals surface area contributed by atoms with Crippen molar-refractivity contribution in [3.63, 3.8) is 0 Å². The van der Waals surface area contributed by atoms with Crippen LogP contribution < -0.4 is 5.73 Å². The smallest absolute Gasteiger partial charge is 0.356 e. The van der Waals surface area contributed by atoms with E-state index in [4.69, 9.17) is 10.8 Å². The van der Waals surface area contributed by atoms with E-state index in [1.54, 1.807) is 6.92 Å². The number of aromatic nitrogens is 2. The minimum atomic E-state index is -1.09. The zero-order chi connectivity index (χ0) is 8.43. The molecule has 11 heavy (non-hydrogen) atoms. The number of hydrogen-bond donors (Lipinski definition) is 2. The summed E-state index contributed by atoms with van der Waals surface area (Å²) >= 11 is 0. The molecule has 0 spiro atoms. The van der Waals surface area contributed by atoms with Gasteiger partial charge in [0.15, 0.2) is 5.69 Å². The van der Waals surface area contributed by atoms with Crippen molar-refractivity contribution in [3.05, 3.63) is 17.3 Å². The van der Waals surface area contributed by atoms with E-state index in [0.29, 0.717) is 5.56 Å². The quantitative estimate of drug-likeness (QED) is 0.595. The van der Waals surface area contributed by atoms with Gasteiger partial charge >= 0.3 is 5.97 Å². The number of carboxylic acid groups (broad SMARTS) is 1. The van der Waals surface area contributed by atoms with Crippen molar-refractivity contribution in [2.45, 2.75) is 6.92 Å². The number of nitrogens with zero attached hydrogens (tertiary/aromatic N) is 2. The van der Waals surface area contributed by atoms with E-state index in [1.165, 1.54) is 6.07 Å². The van der Waals surface area contributed by atoms with Crippen LogP contribution in [0.15, 0.2) is 6.07 Å². The zero-order valence-electron chi connectivity index (χ0n) is 5.90. The molecule has 3 N–H and O–H groups in total. The van der Waals surface area contributed by atoms with Gasteiger partial charge in [-0.15, -0.1) is 10.2 Å². The topological polar surface area (TPSA) is 89.1 Å². The van der Waals surface area contributed by atoms with E-state index >= 15 is 0 Å². The van der Waals surface area contributed by atoms with Crippen LogP contribution in [0.1, 0.15) is 16.1 Å². The van der Waals surface area contributed by atoms with E-state index in [2.05, 4.69) is 10.2 Å². The first kappa shape index (κ1) is 7.46. The summed E-state index contributed by atoms with van der Waals surface area (Å²) in [5.74, 6) is -0.859. The molecule has 0 bridgehead atoms. The largest absolute Gasteiger partial charge is 0.476 e. The molecule has 0 atom stereocenters. The number of aryl methyl sites for hydroxylation is 1. The first-order valence-electron chi connectivity index (χ1n) is 2.94. The van der Waals surface area contributed by atoms with E-state index in [1.807, 2.05) is 0 Å². The average Bonchev–Trinajstić information content (AvgIpc) is 1.85. The Morgan fingerprint density at radius 1 is 1.64 bits per heavy atom. The van der Waals surface area contributed by atoms with Gasteiger partial charge in [-0.3, -0.25) is 0 Å². The molecule has 0 saturated heterocycles. The standard InChI is InChI=1S/C6H7N3O2/c1-3-2-4(7)8-9-5(3)6(10)11/h2H,1H3,(H2,7,8)(H,10,11). The average molecular weight is 153 g/mol. The van der Waals surface area contributed by atoms with E-state index in [0.717, 1.165) is 0 Å². The van der Waals surface area contributed by atoms with E-state index in [-0.39, 0.29) is 11.5 Å². The highest BCUT2D eigenvalue weighted by Crippen LogP contribution is 2.05. The molecule has 1 aromatic heterocycles. The first-order chi connectivity index (χ1) is 5.11. The number of hydrogen-bond acceptors (Lipinski definition) is 4. The Morgan fingerprint density at radius 2 is 2.27 bits per heavy atom. The minimum Gasteiger partial charge on any atom is -0.476 e. The third kappa shape index (κ3) is 1.43. The summed E-state index contributed by atoms with van der Waals surface area (Å²) in [4.78, 5) is 10.4. The fourth-order valence-corrected chi connectivity index (χ4v) is 0.717. The van der Waals surface area contributed by atoms with Crippen molar-refractivity contribution in [2.75, 3.05) is 5.73 Å². The Balaban J connectivity index is 3.20. The van der Waals surface area contributed by atoms with Crippen LogP contribution in [0.2, 0.25) is 0 Å². The Bertz CT molecular complexity index is 298. The molecule has 0 saturated carbocycles. The van der Waals surface area contributed by atoms with Crippen LogP contribution in [-0.2, 0) is 0 Å². The van der Waals surface area contributed by atoms with Crippen molar-refractivity contribution in [3.8, 4) is 0 Å². The SMILES string of the molecule is Cc1cc(N)nnc1C(=O)O. The van der Waals surface area contributed by atoms with Crippen LogP contribution >= 0.6 is 0 Å². The maximum Gasteiger partial charge on any atom is 0.356 e. The summed E-state index contributed by atoms with van der Waals surface area (Å²) in [7, 11) is 0. The van der Waals surface area contributed by atoms with Crippen molar-refractivity contribution in [1.29, 1.82) is 0 Å². The number of nitrogens with two attached hydrogens (primary N) is 1. The normalized spacial score (nSPS) is 9.55. The highest BCUT2D eigenvalue weighted by molar-refractivity contribution is 5.86. The number of aromatic carboxylic acids is 1. The summed E-state index contributed by atoms with van der Waals surface area (Å²) in [5, 5.41) is 15.3. The van der Waals surface area contributed by atoms with Crippen LogP contribution in [0.25, 0.3) is 0 Å². The molecule has 0 radical (unpaired) electrons. The van der Waals surface area contributed by atoms with E-state index < -0.39 is 5.97 Å². The van der Waals surface area contributed by atoms with E-state index in [9.17, 15) is 4.79 Å². The lowest BCUT2D eigenvalue weighted by Gasteiger charge is -1.97. The van der Waals surface area contributed by atoms with Gasteiger partial charge in [-0.25, -0.2) is 4.79 Å². The van der Waals surface area contributed by atoms with Gasteiger partial charge in [0.25, 0.3) is 0 Å². The fourth-order valence-electron chi connectivity index (χ4n) is 0.717. The molecule has 1 heterocycles. The van der Waals surface area contributed by atoms with Gasteiger partial charge in [0.1, 0.15) is 5.82 Å². The Labute approximate surface area is 62.9 Å². The lowest BCUT2D eigenvalue weighted by molar-refractivity contribution is 0.0688. The Hall–Kier alpha value is -1.65. The summed E-state index contributed by atoms with van der Waals surface area (Å²) < 4.78 is 0. The predicted molar refractivity (Wildman–Crippen MR) is 38.1 cm³/mol. The van der Waals surface area contributed by atoms with Crippen LogP contribution in [0.3, 0.4) is 0 Å². The summed E-state index contributed by atoms with van der Waals surface area (Å²) in [6.07, 6.45) is 0. The predicted octanol–water partition coefficient (Wildman–Crippen LogP) is 0.0654. The number of rotatable bonds is 1. The van der Waals surface area contributed by atoms with Gasteiger partial charge in [0.2, 0.25) is 0 Å². The summed E-state index contributed by atoms with van der Waals surface area (Å²) in [5.41, 5.74) is 5.72. The van der Waals surface area contributed by atoms with Crippen LogP contribution in [0.4, 0.5) is 5.82 Å². The minimum absolute atomic E-state index is 0.0563. The van der Waals surface area contributed by atoms with Crippen molar-refractivity contribution >= 4 is 11.8 Å². The van der Waals surface area contributed by atoms with Crippen molar-refractivity contribution in [1.82, 2.24) is 10.2 Å². The molecular formula is C6H7N3O2. The highest BCUT2D eigenvalue weighted by atomic mass is 16.4. The summed E-state index contributed by atoms with van der Waals surface area (Å²) in [6.45, 7) is 1.62. The molecule has 0 aliphatic heterocycles. The molecule has 58 valence electrons. The highest BCUT2D eigenvalue weighted by Gasteiger charge is 2.08. The second-order valence-electron chi connectivity index (χ2n) is 2.11. The lowest BCUT2D eigenvalue weighted by Crippen LogP contribution is -2.06. The third-order valence-corrected chi connectivity index (χ3v) is 1.21. The number of carboxylic acids is 1. The number of nitrogen functional groups attached to an aromatic ring is 1. The molecule has 0 amide bonds. The van der Waals surface area contributed by atoms with Gasteiger partial charge < -0.3 is 10.8 Å². The van der Waals surface area contributed by atoms with Gasteiger partial charge in [-0.05, 0) is 18.6 Å². The van der Waals surface area contributed by atoms with Crippen molar-refractivity contribution < 1.29 is 9.90 Å². The Kier molecular flexibility index (Phi) is 1.72. The zero-order valence-corrected chi connectivity index (χ0v) is 5.90. The van der Waals surface area contributed by atoms with Crippen LogP contribution in [0, 0.1) is 6.92 Å². The monoisotopic (exact) mass is 153 g/mol.